The maximum absolute atomic E-state index is 13.3. The van der Waals surface area contributed by atoms with E-state index in [1.54, 1.807) is 12.3 Å². The minimum Gasteiger partial charge on any atom is -0.487 e. The number of hydrogen-bond donors (Lipinski definition) is 1. The molecule has 5 heteroatoms. The maximum Gasteiger partial charge on any atom is 0.130 e. The number of rotatable bonds is 6. The zero-order chi connectivity index (χ0) is 14.4. The van der Waals surface area contributed by atoms with Crippen LogP contribution in [0, 0.1) is 5.82 Å². The molecule has 1 heterocycles. The highest BCUT2D eigenvalue weighted by Gasteiger charge is 2.06. The molecule has 1 aromatic carbocycles. The minimum atomic E-state index is -0.257. The molecule has 3 nitrogen and oxygen atoms in total. The number of ether oxygens (including phenoxy) is 1. The first-order chi connectivity index (χ1) is 9.69. The zero-order valence-corrected chi connectivity index (χ0v) is 12.8. The van der Waals surface area contributed by atoms with E-state index in [2.05, 4.69) is 26.2 Å². The van der Waals surface area contributed by atoms with E-state index in [0.29, 0.717) is 18.9 Å². The molecule has 106 valence electrons. The number of nitrogens with zero attached hydrogens (tertiary/aromatic N) is 1. The van der Waals surface area contributed by atoms with E-state index in [9.17, 15) is 4.39 Å². The number of aromatic nitrogens is 1. The first-order valence-corrected chi connectivity index (χ1v) is 7.20. The normalized spacial score (nSPS) is 10.6. The van der Waals surface area contributed by atoms with E-state index >= 15 is 0 Å². The summed E-state index contributed by atoms with van der Waals surface area (Å²) in [4.78, 5) is 4.24. The third-order valence-corrected chi connectivity index (χ3v) is 3.22. The molecule has 0 unspecified atom stereocenters. The van der Waals surface area contributed by atoms with Gasteiger partial charge in [-0.05, 0) is 52.8 Å². The van der Waals surface area contributed by atoms with Crippen LogP contribution in [-0.2, 0) is 13.2 Å². The van der Waals surface area contributed by atoms with Crippen LogP contribution in [0.4, 0.5) is 4.39 Å². The average Bonchev–Trinajstić information content (AvgIpc) is 2.46. The first kappa shape index (κ1) is 14.9. The lowest BCUT2D eigenvalue weighted by atomic mass is 10.2. The lowest BCUT2D eigenvalue weighted by Gasteiger charge is -2.12. The molecule has 0 fully saturated rings. The molecule has 2 rings (SSSR count). The zero-order valence-electron chi connectivity index (χ0n) is 11.2. The predicted molar refractivity (Wildman–Crippen MR) is 80.0 cm³/mol. The van der Waals surface area contributed by atoms with Crippen molar-refractivity contribution < 1.29 is 9.13 Å². The van der Waals surface area contributed by atoms with Gasteiger partial charge >= 0.3 is 0 Å². The molecule has 20 heavy (non-hydrogen) atoms. The fraction of sp³-hybridized carbons (Fsp3) is 0.267. The van der Waals surface area contributed by atoms with E-state index < -0.39 is 0 Å². The van der Waals surface area contributed by atoms with Gasteiger partial charge in [-0.3, -0.25) is 4.98 Å². The molecule has 0 amide bonds. The Morgan fingerprint density at radius 1 is 1.30 bits per heavy atom. The van der Waals surface area contributed by atoms with E-state index in [4.69, 9.17) is 4.74 Å². The Labute approximate surface area is 126 Å². The quantitative estimate of drug-likeness (QED) is 0.872. The van der Waals surface area contributed by atoms with Gasteiger partial charge in [0, 0.05) is 22.8 Å². The molecule has 0 saturated carbocycles. The third kappa shape index (κ3) is 4.28. The molecule has 2 aromatic rings. The molecule has 1 aromatic heterocycles. The Kier molecular flexibility index (Phi) is 5.49. The number of benzene rings is 1. The Bertz CT molecular complexity index is 560. The van der Waals surface area contributed by atoms with Gasteiger partial charge < -0.3 is 10.1 Å². The fourth-order valence-electron chi connectivity index (χ4n) is 1.73. The van der Waals surface area contributed by atoms with E-state index in [-0.39, 0.29) is 5.82 Å². The van der Waals surface area contributed by atoms with Gasteiger partial charge in [-0.1, -0.05) is 6.92 Å². The Morgan fingerprint density at radius 3 is 2.85 bits per heavy atom. The molecule has 0 aliphatic rings. The van der Waals surface area contributed by atoms with Gasteiger partial charge in [-0.25, -0.2) is 4.39 Å². The SMILES string of the molecule is CCNCc1cc(F)ccc1OCc1ccc(Br)cn1. The molecular formula is C15H16BrFN2O. The van der Waals surface area contributed by atoms with Crippen molar-refractivity contribution in [3.63, 3.8) is 0 Å². The van der Waals surface area contributed by atoms with Gasteiger partial charge in [0.05, 0.1) is 5.69 Å². The van der Waals surface area contributed by atoms with E-state index in [1.807, 2.05) is 19.1 Å². The Balaban J connectivity index is 2.06. The fourth-order valence-corrected chi connectivity index (χ4v) is 1.96. The van der Waals surface area contributed by atoms with Crippen molar-refractivity contribution in [2.24, 2.45) is 0 Å². The summed E-state index contributed by atoms with van der Waals surface area (Å²) in [6.45, 7) is 3.77. The highest BCUT2D eigenvalue weighted by molar-refractivity contribution is 9.10. The lowest BCUT2D eigenvalue weighted by molar-refractivity contribution is 0.297. The van der Waals surface area contributed by atoms with Crippen LogP contribution >= 0.6 is 15.9 Å². The van der Waals surface area contributed by atoms with Gasteiger partial charge in [-0.2, -0.15) is 0 Å². The molecule has 0 atom stereocenters. The number of halogens is 2. The topological polar surface area (TPSA) is 34.1 Å². The molecule has 0 radical (unpaired) electrons. The third-order valence-electron chi connectivity index (χ3n) is 2.75. The van der Waals surface area contributed by atoms with Gasteiger partial charge in [0.15, 0.2) is 0 Å². The van der Waals surface area contributed by atoms with Gasteiger partial charge in [-0.15, -0.1) is 0 Å². The highest BCUT2D eigenvalue weighted by atomic mass is 79.9. The molecule has 0 aliphatic heterocycles. The second kappa shape index (κ2) is 7.36. The van der Waals surface area contributed by atoms with Gasteiger partial charge in [0.2, 0.25) is 0 Å². The predicted octanol–water partition coefficient (Wildman–Crippen LogP) is 3.67. The lowest BCUT2D eigenvalue weighted by Crippen LogP contribution is -2.13. The summed E-state index contributed by atoms with van der Waals surface area (Å²) in [5.41, 5.74) is 1.64. The number of hydrogen-bond acceptors (Lipinski definition) is 3. The van der Waals surface area contributed by atoms with Gasteiger partial charge in [0.25, 0.3) is 0 Å². The number of pyridine rings is 1. The van der Waals surface area contributed by atoms with Crippen molar-refractivity contribution in [2.45, 2.75) is 20.1 Å². The van der Waals surface area contributed by atoms with Crippen molar-refractivity contribution in [1.29, 1.82) is 0 Å². The minimum absolute atomic E-state index is 0.257. The summed E-state index contributed by atoms with van der Waals surface area (Å²) >= 11 is 3.34. The van der Waals surface area contributed by atoms with Crippen LogP contribution in [0.3, 0.4) is 0 Å². The summed E-state index contributed by atoms with van der Waals surface area (Å²) in [5.74, 6) is 0.420. The van der Waals surface area contributed by atoms with Crippen LogP contribution < -0.4 is 10.1 Å². The molecule has 0 spiro atoms. The monoisotopic (exact) mass is 338 g/mol. The molecule has 0 bridgehead atoms. The summed E-state index contributed by atoms with van der Waals surface area (Å²) in [6.07, 6.45) is 1.73. The molecule has 0 saturated heterocycles. The largest absolute Gasteiger partial charge is 0.487 e. The molecule has 0 aliphatic carbocycles. The van der Waals surface area contributed by atoms with Crippen LogP contribution in [0.2, 0.25) is 0 Å². The van der Waals surface area contributed by atoms with Gasteiger partial charge in [0.1, 0.15) is 18.2 Å². The first-order valence-electron chi connectivity index (χ1n) is 6.41. The maximum atomic E-state index is 13.3. The van der Waals surface area contributed by atoms with Crippen molar-refractivity contribution in [3.8, 4) is 5.75 Å². The van der Waals surface area contributed by atoms with E-state index in [0.717, 1.165) is 22.3 Å². The summed E-state index contributed by atoms with van der Waals surface area (Å²) in [6, 6.07) is 8.35. The van der Waals surface area contributed by atoms with E-state index in [1.165, 1.54) is 12.1 Å². The van der Waals surface area contributed by atoms with Crippen LogP contribution in [0.5, 0.6) is 5.75 Å². The van der Waals surface area contributed by atoms with Crippen LogP contribution in [0.1, 0.15) is 18.2 Å². The molecule has 1 N–H and O–H groups in total. The van der Waals surface area contributed by atoms with Crippen LogP contribution in [0.15, 0.2) is 41.0 Å². The summed E-state index contributed by atoms with van der Waals surface area (Å²) in [7, 11) is 0. The second-order valence-electron chi connectivity index (χ2n) is 4.29. The second-order valence-corrected chi connectivity index (χ2v) is 5.20. The standard InChI is InChI=1S/C15H16BrFN2O/c1-2-18-8-11-7-13(17)4-6-15(11)20-10-14-5-3-12(16)9-19-14/h3-7,9,18H,2,8,10H2,1H3. The number of nitrogens with one attached hydrogen (secondary N) is 1. The summed E-state index contributed by atoms with van der Waals surface area (Å²) < 4.78 is 19.9. The smallest absolute Gasteiger partial charge is 0.130 e. The Morgan fingerprint density at radius 2 is 2.15 bits per heavy atom. The average molecular weight is 339 g/mol. The van der Waals surface area contributed by atoms with Crippen molar-refractivity contribution in [1.82, 2.24) is 10.3 Å². The molecular weight excluding hydrogens is 323 g/mol. The van der Waals surface area contributed by atoms with Crippen molar-refractivity contribution in [3.05, 3.63) is 58.1 Å². The van der Waals surface area contributed by atoms with Crippen LogP contribution in [0.25, 0.3) is 0 Å². The Hall–Kier alpha value is -1.46. The van der Waals surface area contributed by atoms with Crippen molar-refractivity contribution >= 4 is 15.9 Å². The van der Waals surface area contributed by atoms with Crippen LogP contribution in [-0.4, -0.2) is 11.5 Å². The van der Waals surface area contributed by atoms with Crippen molar-refractivity contribution in [2.75, 3.05) is 6.54 Å². The highest BCUT2D eigenvalue weighted by Crippen LogP contribution is 2.21. The summed E-state index contributed by atoms with van der Waals surface area (Å²) in [5, 5.41) is 3.17.